The normalized spacial score (nSPS) is 11.7. The molecule has 0 aliphatic heterocycles. The second-order valence-corrected chi connectivity index (χ2v) is 13.9. The van der Waals surface area contributed by atoms with Crippen molar-refractivity contribution in [1.29, 1.82) is 0 Å². The fourth-order valence-electron chi connectivity index (χ4n) is 5.77. The van der Waals surface area contributed by atoms with Gasteiger partial charge in [-0.1, -0.05) is 127 Å². The summed E-state index contributed by atoms with van der Waals surface area (Å²) in [6.45, 7) is 5.08. The highest BCUT2D eigenvalue weighted by Crippen LogP contribution is 2.23. The van der Waals surface area contributed by atoms with E-state index in [1.54, 1.807) is 18.2 Å². The van der Waals surface area contributed by atoms with E-state index in [4.69, 9.17) is 18.9 Å². The van der Waals surface area contributed by atoms with Gasteiger partial charge in [0.1, 0.15) is 37.9 Å². The van der Waals surface area contributed by atoms with Crippen LogP contribution in [0.2, 0.25) is 0 Å². The number of carbonyl (C=O) groups is 3. The van der Waals surface area contributed by atoms with Crippen molar-refractivity contribution in [2.24, 2.45) is 0 Å². The van der Waals surface area contributed by atoms with E-state index in [1.165, 1.54) is 77.0 Å². The van der Waals surface area contributed by atoms with E-state index in [0.717, 1.165) is 64.2 Å². The lowest BCUT2D eigenvalue weighted by molar-refractivity contribution is -0.145. The number of hydrogen-bond donors (Lipinski definition) is 0. The van der Waals surface area contributed by atoms with Crippen LogP contribution in [0.5, 0.6) is 11.5 Å². The van der Waals surface area contributed by atoms with Gasteiger partial charge in [-0.3, -0.25) is 14.4 Å². The molecule has 0 amide bonds. The third-order valence-electron chi connectivity index (χ3n) is 8.99. The van der Waals surface area contributed by atoms with Gasteiger partial charge in [0.2, 0.25) is 0 Å². The third-order valence-corrected chi connectivity index (χ3v) is 8.99. The van der Waals surface area contributed by atoms with E-state index in [2.05, 4.69) is 62.5 Å². The highest BCUT2D eigenvalue weighted by Gasteiger charge is 2.08. The molecule has 0 aliphatic carbocycles. The van der Waals surface area contributed by atoms with Gasteiger partial charge in [-0.25, -0.2) is 0 Å². The van der Waals surface area contributed by atoms with Crippen molar-refractivity contribution in [1.82, 2.24) is 0 Å². The van der Waals surface area contributed by atoms with E-state index in [9.17, 15) is 14.4 Å². The molecule has 0 spiro atoms. The Morgan fingerprint density at radius 3 is 1.39 bits per heavy atom. The Bertz CT molecular complexity index is 1180. The molecule has 0 fully saturated rings. The molecule has 0 heterocycles. The van der Waals surface area contributed by atoms with Crippen LogP contribution < -0.4 is 9.47 Å². The van der Waals surface area contributed by atoms with Crippen LogP contribution in [0.3, 0.4) is 0 Å². The molecule has 0 atom stereocenters. The molecule has 1 aromatic rings. The highest BCUT2D eigenvalue weighted by atomic mass is 16.6. The predicted octanol–water partition coefficient (Wildman–Crippen LogP) is 13.0. The fourth-order valence-corrected chi connectivity index (χ4v) is 5.77. The predicted molar refractivity (Wildman–Crippen MR) is 223 cm³/mol. The SMILES string of the molecule is CCCCC/C=C\C/C=C\CCCCCCCC(=O)OCCOc1ccc(OCCOC(=O)CCCCCCC/C=C\C/C=C\CCCCC)c(C=O)c1. The number of benzene rings is 1. The monoisotopic (exact) mass is 751 g/mol. The van der Waals surface area contributed by atoms with Crippen LogP contribution >= 0.6 is 0 Å². The van der Waals surface area contributed by atoms with Gasteiger partial charge < -0.3 is 18.9 Å². The van der Waals surface area contributed by atoms with Crippen molar-refractivity contribution >= 4 is 18.2 Å². The average molecular weight is 751 g/mol. The number of rotatable bonds is 37. The van der Waals surface area contributed by atoms with Gasteiger partial charge in [-0.05, 0) is 95.2 Å². The Morgan fingerprint density at radius 2 is 0.926 bits per heavy atom. The minimum Gasteiger partial charge on any atom is -0.490 e. The van der Waals surface area contributed by atoms with Crippen LogP contribution in [0.15, 0.2) is 66.8 Å². The van der Waals surface area contributed by atoms with Crippen molar-refractivity contribution in [3.05, 3.63) is 72.4 Å². The lowest BCUT2D eigenvalue weighted by atomic mass is 10.1. The molecule has 0 aliphatic rings. The summed E-state index contributed by atoms with van der Waals surface area (Å²) in [7, 11) is 0. The standard InChI is InChI=1S/C47H74O7/c1-3-5-7-9-11-13-15-17-19-21-23-25-27-29-31-33-46(49)53-39-37-51-44-35-36-45(43(41-44)42-48)52-38-40-54-47(50)34-32-30-28-26-24-22-20-18-16-14-12-10-8-6-4-2/h11-14,17-20,35-36,41-42H,3-10,15-16,21-34,37-40H2,1-2H3/b13-11-,14-12-,19-17-,20-18-. The molecule has 7 nitrogen and oxygen atoms in total. The summed E-state index contributed by atoms with van der Waals surface area (Å²) in [6, 6.07) is 4.94. The molecule has 1 rings (SSSR count). The summed E-state index contributed by atoms with van der Waals surface area (Å²) in [5, 5.41) is 0. The van der Waals surface area contributed by atoms with Crippen LogP contribution in [0, 0.1) is 0 Å². The molecule has 304 valence electrons. The van der Waals surface area contributed by atoms with Crippen LogP contribution in [0.4, 0.5) is 0 Å². The summed E-state index contributed by atoms with van der Waals surface area (Å²) < 4.78 is 22.0. The lowest BCUT2D eigenvalue weighted by Gasteiger charge is -2.12. The van der Waals surface area contributed by atoms with Crippen LogP contribution in [0.1, 0.15) is 178 Å². The number of carbonyl (C=O) groups excluding carboxylic acids is 3. The number of allylic oxidation sites excluding steroid dienone is 8. The van der Waals surface area contributed by atoms with Crippen molar-refractivity contribution in [3.8, 4) is 11.5 Å². The molecule has 0 bridgehead atoms. The first-order valence-corrected chi connectivity index (χ1v) is 21.4. The van der Waals surface area contributed by atoms with E-state index in [0.29, 0.717) is 36.2 Å². The smallest absolute Gasteiger partial charge is 0.305 e. The summed E-state index contributed by atoms with van der Waals surface area (Å²) >= 11 is 0. The molecule has 7 heteroatoms. The quantitative estimate of drug-likeness (QED) is 0.0289. The highest BCUT2D eigenvalue weighted by molar-refractivity contribution is 5.80. The van der Waals surface area contributed by atoms with Gasteiger partial charge in [0.05, 0.1) is 5.56 Å². The van der Waals surface area contributed by atoms with Gasteiger partial charge >= 0.3 is 11.9 Å². The summed E-state index contributed by atoms with van der Waals surface area (Å²) in [4.78, 5) is 35.8. The molecular formula is C47H74O7. The Balaban J connectivity index is 2.03. The zero-order chi connectivity index (χ0) is 39.0. The van der Waals surface area contributed by atoms with Gasteiger partial charge in [0.25, 0.3) is 0 Å². The summed E-state index contributed by atoms with van der Waals surface area (Å²) in [5.41, 5.74) is 0.335. The minimum atomic E-state index is -0.227. The molecule has 0 saturated heterocycles. The molecular weight excluding hydrogens is 677 g/mol. The van der Waals surface area contributed by atoms with E-state index in [1.807, 2.05) is 0 Å². The van der Waals surface area contributed by atoms with Crippen molar-refractivity contribution < 1.29 is 33.3 Å². The minimum absolute atomic E-state index is 0.121. The van der Waals surface area contributed by atoms with Crippen molar-refractivity contribution in [3.63, 3.8) is 0 Å². The Morgan fingerprint density at radius 1 is 0.500 bits per heavy atom. The van der Waals surface area contributed by atoms with Crippen LogP contribution in [-0.4, -0.2) is 44.7 Å². The van der Waals surface area contributed by atoms with Crippen molar-refractivity contribution in [2.75, 3.05) is 26.4 Å². The van der Waals surface area contributed by atoms with Gasteiger partial charge in [-0.2, -0.15) is 0 Å². The number of hydrogen-bond acceptors (Lipinski definition) is 7. The van der Waals surface area contributed by atoms with Gasteiger partial charge in [-0.15, -0.1) is 0 Å². The third kappa shape index (κ3) is 30.8. The molecule has 54 heavy (non-hydrogen) atoms. The topological polar surface area (TPSA) is 88.1 Å². The van der Waals surface area contributed by atoms with Gasteiger partial charge in [0, 0.05) is 12.8 Å². The number of ether oxygens (including phenoxy) is 4. The first-order valence-electron chi connectivity index (χ1n) is 21.4. The first-order chi connectivity index (χ1) is 26.6. The Kier molecular flexibility index (Phi) is 33.8. The number of aldehydes is 1. The second kappa shape index (κ2) is 37.7. The largest absolute Gasteiger partial charge is 0.490 e. The molecule has 1 aromatic carbocycles. The zero-order valence-corrected chi connectivity index (χ0v) is 34.1. The van der Waals surface area contributed by atoms with Crippen molar-refractivity contribution in [2.45, 2.75) is 168 Å². The molecule has 0 N–H and O–H groups in total. The maximum atomic E-state index is 12.1. The average Bonchev–Trinajstić information content (AvgIpc) is 3.18. The zero-order valence-electron chi connectivity index (χ0n) is 34.1. The van der Waals surface area contributed by atoms with Crippen LogP contribution in [-0.2, 0) is 19.1 Å². The van der Waals surface area contributed by atoms with E-state index in [-0.39, 0.29) is 38.4 Å². The summed E-state index contributed by atoms with van der Waals surface area (Å²) in [6.07, 6.45) is 44.8. The molecule has 0 radical (unpaired) electrons. The Labute approximate surface area is 329 Å². The second-order valence-electron chi connectivity index (χ2n) is 13.9. The Hall–Kier alpha value is -3.61. The van der Waals surface area contributed by atoms with Crippen LogP contribution in [0.25, 0.3) is 0 Å². The van der Waals surface area contributed by atoms with E-state index >= 15 is 0 Å². The number of esters is 2. The molecule has 0 unspecified atom stereocenters. The fraction of sp³-hybridized carbons (Fsp3) is 0.638. The maximum Gasteiger partial charge on any atom is 0.305 e. The summed E-state index contributed by atoms with van der Waals surface area (Å²) in [5.74, 6) is 0.438. The lowest BCUT2D eigenvalue weighted by Crippen LogP contribution is -2.13. The maximum absolute atomic E-state index is 12.1. The number of unbranched alkanes of at least 4 members (excludes halogenated alkanes) is 16. The first kappa shape index (κ1) is 48.4. The molecule has 0 saturated carbocycles. The van der Waals surface area contributed by atoms with E-state index < -0.39 is 0 Å². The van der Waals surface area contributed by atoms with Gasteiger partial charge in [0.15, 0.2) is 6.29 Å². The molecule has 0 aromatic heterocycles.